The molecule has 0 aliphatic heterocycles. The average Bonchev–Trinajstić information content (AvgIpc) is 0.943. The number of esters is 4. The topological polar surface area (TPSA) is 237 Å². The predicted molar refractivity (Wildman–Crippen MR) is 409 cm³/mol. The Kier molecular flexibility index (Phi) is 68.7. The molecule has 0 rings (SSSR count). The zero-order valence-electron chi connectivity index (χ0n) is 65.8. The lowest BCUT2D eigenvalue weighted by atomic mass is 10.00. The molecule has 0 fully saturated rings. The second-order valence-corrected chi connectivity index (χ2v) is 33.7. The third kappa shape index (κ3) is 73.0. The molecule has 0 amide bonds. The van der Waals surface area contributed by atoms with Crippen LogP contribution < -0.4 is 0 Å². The van der Waals surface area contributed by atoms with E-state index in [-0.39, 0.29) is 25.7 Å². The normalized spacial score (nSPS) is 14.3. The van der Waals surface area contributed by atoms with Gasteiger partial charge in [-0.25, -0.2) is 9.13 Å². The third-order valence-electron chi connectivity index (χ3n) is 19.2. The highest BCUT2D eigenvalue weighted by Crippen LogP contribution is 2.45. The van der Waals surface area contributed by atoms with Crippen LogP contribution in [0.15, 0.2) is 0 Å². The summed E-state index contributed by atoms with van der Waals surface area (Å²) in [7, 11) is -9.92. The summed E-state index contributed by atoms with van der Waals surface area (Å²) in [6.07, 6.45) is 57.1. The molecule has 0 aliphatic carbocycles. The van der Waals surface area contributed by atoms with Gasteiger partial charge < -0.3 is 33.8 Å². The van der Waals surface area contributed by atoms with Crippen molar-refractivity contribution in [2.24, 2.45) is 23.7 Å². The molecule has 0 saturated carbocycles. The maximum Gasteiger partial charge on any atom is 0.472 e. The molecule has 0 aromatic rings. The van der Waals surface area contributed by atoms with Crippen LogP contribution in [0.2, 0.25) is 0 Å². The van der Waals surface area contributed by atoms with Crippen molar-refractivity contribution in [3.63, 3.8) is 0 Å². The first-order valence-corrected chi connectivity index (χ1v) is 44.7. The Morgan fingerprint density at radius 3 is 0.710 bits per heavy atom. The van der Waals surface area contributed by atoms with Crippen LogP contribution in [0, 0.1) is 23.7 Å². The molecule has 594 valence electrons. The van der Waals surface area contributed by atoms with E-state index in [0.29, 0.717) is 25.7 Å². The van der Waals surface area contributed by atoms with Gasteiger partial charge in [0.2, 0.25) is 0 Å². The molecule has 0 bridgehead atoms. The number of carbonyl (C=O) groups excluding carboxylic acids is 4. The smallest absolute Gasteiger partial charge is 0.462 e. The number of hydrogen-bond acceptors (Lipinski definition) is 15. The Labute approximate surface area is 613 Å². The van der Waals surface area contributed by atoms with Crippen molar-refractivity contribution in [3.05, 3.63) is 0 Å². The van der Waals surface area contributed by atoms with Gasteiger partial charge in [-0.3, -0.25) is 37.3 Å². The summed E-state index contributed by atoms with van der Waals surface area (Å²) in [5.74, 6) is 0.955. The van der Waals surface area contributed by atoms with Gasteiger partial charge in [-0.1, -0.05) is 364 Å². The summed E-state index contributed by atoms with van der Waals surface area (Å²) in [5.41, 5.74) is 0. The van der Waals surface area contributed by atoms with Gasteiger partial charge in [-0.15, -0.1) is 0 Å². The number of rotatable bonds is 78. The minimum Gasteiger partial charge on any atom is -0.462 e. The van der Waals surface area contributed by atoms with Gasteiger partial charge in [0.25, 0.3) is 0 Å². The molecular formula is C81H158O17P2. The predicted octanol–water partition coefficient (Wildman–Crippen LogP) is 24.0. The zero-order valence-corrected chi connectivity index (χ0v) is 67.6. The summed E-state index contributed by atoms with van der Waals surface area (Å²) in [5, 5.41) is 10.6. The molecule has 6 atom stereocenters. The monoisotopic (exact) mass is 1470 g/mol. The van der Waals surface area contributed by atoms with Crippen molar-refractivity contribution in [1.82, 2.24) is 0 Å². The van der Waals surface area contributed by atoms with Crippen molar-refractivity contribution in [2.45, 2.75) is 433 Å². The van der Waals surface area contributed by atoms with Crippen molar-refractivity contribution >= 4 is 39.5 Å². The number of phosphoric acid groups is 2. The first-order valence-electron chi connectivity index (χ1n) is 41.7. The average molecular weight is 1470 g/mol. The summed E-state index contributed by atoms with van der Waals surface area (Å²) >= 11 is 0. The highest BCUT2D eigenvalue weighted by Gasteiger charge is 2.30. The first kappa shape index (κ1) is 98.1. The molecule has 0 spiro atoms. The van der Waals surface area contributed by atoms with Crippen LogP contribution in [0.4, 0.5) is 0 Å². The number of aliphatic hydroxyl groups is 1. The maximum atomic E-state index is 13.1. The van der Waals surface area contributed by atoms with E-state index < -0.39 is 97.5 Å². The van der Waals surface area contributed by atoms with Crippen LogP contribution in [0.25, 0.3) is 0 Å². The van der Waals surface area contributed by atoms with E-state index in [1.165, 1.54) is 218 Å². The number of carbonyl (C=O) groups is 4. The molecule has 3 N–H and O–H groups in total. The van der Waals surface area contributed by atoms with E-state index in [2.05, 4.69) is 55.4 Å². The fraction of sp³-hybridized carbons (Fsp3) is 0.951. The third-order valence-corrected chi connectivity index (χ3v) is 21.1. The van der Waals surface area contributed by atoms with Crippen LogP contribution in [-0.2, 0) is 65.4 Å². The Bertz CT molecular complexity index is 1960. The fourth-order valence-corrected chi connectivity index (χ4v) is 14.0. The lowest BCUT2D eigenvalue weighted by molar-refractivity contribution is -0.161. The Morgan fingerprint density at radius 1 is 0.280 bits per heavy atom. The highest BCUT2D eigenvalue weighted by atomic mass is 31.2. The molecule has 0 heterocycles. The SMILES string of the molecule is CCC(C)CCCCCCCCC(=O)O[C@H](COC(=O)CCCCCCCCCCC(C)C)COP(=O)(O)OCC(O)COP(=O)(O)OC[C@@H](COC(=O)CCCCCCCCCCCCCCCCCC(C)C)OC(=O)CCCCCCCCCCCCCCCCCCCCC(C)C. The summed E-state index contributed by atoms with van der Waals surface area (Å²) in [4.78, 5) is 73.0. The quantitative estimate of drug-likeness (QED) is 0.0222. The molecular weight excluding hydrogens is 1310 g/mol. The van der Waals surface area contributed by atoms with Crippen LogP contribution in [-0.4, -0.2) is 96.7 Å². The molecule has 0 aromatic heterocycles. The Balaban J connectivity index is 5.21. The van der Waals surface area contributed by atoms with Crippen molar-refractivity contribution in [1.29, 1.82) is 0 Å². The van der Waals surface area contributed by atoms with E-state index in [1.54, 1.807) is 0 Å². The molecule has 4 unspecified atom stereocenters. The van der Waals surface area contributed by atoms with E-state index in [4.69, 9.17) is 37.0 Å². The van der Waals surface area contributed by atoms with E-state index in [9.17, 15) is 43.2 Å². The molecule has 0 aliphatic rings. The lowest BCUT2D eigenvalue weighted by Crippen LogP contribution is -2.30. The van der Waals surface area contributed by atoms with Crippen LogP contribution in [0.3, 0.4) is 0 Å². The fourth-order valence-electron chi connectivity index (χ4n) is 12.4. The second-order valence-electron chi connectivity index (χ2n) is 30.8. The van der Waals surface area contributed by atoms with Crippen molar-refractivity contribution in [3.8, 4) is 0 Å². The van der Waals surface area contributed by atoms with Gasteiger partial charge in [-0.05, 0) is 49.4 Å². The van der Waals surface area contributed by atoms with Gasteiger partial charge in [0.1, 0.15) is 19.3 Å². The van der Waals surface area contributed by atoms with Gasteiger partial charge in [0.15, 0.2) is 12.2 Å². The van der Waals surface area contributed by atoms with Crippen LogP contribution in [0.1, 0.15) is 415 Å². The van der Waals surface area contributed by atoms with E-state index in [0.717, 1.165) is 114 Å². The van der Waals surface area contributed by atoms with Gasteiger partial charge in [0, 0.05) is 25.7 Å². The zero-order chi connectivity index (χ0) is 73.8. The maximum absolute atomic E-state index is 13.1. The van der Waals surface area contributed by atoms with Crippen molar-refractivity contribution < 1.29 is 80.2 Å². The highest BCUT2D eigenvalue weighted by molar-refractivity contribution is 7.47. The standard InChI is InChI=1S/C81H158O17P2/c1-9-74(8)60-52-44-39-40-48-56-64-81(86)98-77(68-92-79(84)62-54-46-37-32-31-35-43-51-59-73(6)7)70-96-100(89,90)94-66-75(82)65-93-99(87,88)95-69-76(67-91-78(83)61-53-45-36-29-25-21-18-14-16-20-24-28-34-42-50-58-72(4)5)97-80(85)63-55-47-38-30-26-22-17-13-11-10-12-15-19-23-27-33-41-49-57-71(2)3/h71-77,82H,9-70H2,1-8H3,(H,87,88)(H,89,90)/t74?,75?,76-,77-/m1/s1. The van der Waals surface area contributed by atoms with Crippen LogP contribution >= 0.6 is 15.6 Å². The lowest BCUT2D eigenvalue weighted by Gasteiger charge is -2.21. The minimum absolute atomic E-state index is 0.102. The summed E-state index contributed by atoms with van der Waals surface area (Å²) in [6.45, 7) is 14.2. The van der Waals surface area contributed by atoms with Crippen LogP contribution in [0.5, 0.6) is 0 Å². The van der Waals surface area contributed by atoms with Gasteiger partial charge in [-0.2, -0.15) is 0 Å². The van der Waals surface area contributed by atoms with E-state index in [1.807, 2.05) is 0 Å². The van der Waals surface area contributed by atoms with Gasteiger partial charge >= 0.3 is 39.5 Å². The molecule has 19 heteroatoms. The molecule has 0 radical (unpaired) electrons. The van der Waals surface area contributed by atoms with Gasteiger partial charge in [0.05, 0.1) is 26.4 Å². The number of unbranched alkanes of at least 4 members (excludes halogenated alkanes) is 43. The summed E-state index contributed by atoms with van der Waals surface area (Å²) < 4.78 is 68.6. The number of hydrogen-bond donors (Lipinski definition) is 3. The second kappa shape index (κ2) is 70.1. The number of phosphoric ester groups is 2. The molecule has 0 saturated heterocycles. The molecule has 17 nitrogen and oxygen atoms in total. The molecule has 0 aromatic carbocycles. The Morgan fingerprint density at radius 2 is 0.480 bits per heavy atom. The van der Waals surface area contributed by atoms with E-state index >= 15 is 0 Å². The van der Waals surface area contributed by atoms with Crippen molar-refractivity contribution in [2.75, 3.05) is 39.6 Å². The largest absolute Gasteiger partial charge is 0.472 e. The number of aliphatic hydroxyl groups excluding tert-OH is 1. The summed E-state index contributed by atoms with van der Waals surface area (Å²) in [6, 6.07) is 0. The minimum atomic E-state index is -4.96. The Hall–Kier alpha value is -1.94. The molecule has 100 heavy (non-hydrogen) atoms. The first-order chi connectivity index (χ1) is 48.1. The number of ether oxygens (including phenoxy) is 4.